The van der Waals surface area contributed by atoms with Gasteiger partial charge in [0.25, 0.3) is 0 Å². The van der Waals surface area contributed by atoms with E-state index in [-0.39, 0.29) is 0 Å². The van der Waals surface area contributed by atoms with Crippen LogP contribution in [0.25, 0.3) is 0 Å². The van der Waals surface area contributed by atoms with Gasteiger partial charge in [0.15, 0.2) is 0 Å². The lowest BCUT2D eigenvalue weighted by Crippen LogP contribution is -2.06. The molecule has 0 saturated heterocycles. The second-order valence-corrected chi connectivity index (χ2v) is 5.36. The molecule has 0 saturated carbocycles. The van der Waals surface area contributed by atoms with Gasteiger partial charge in [-0.15, -0.1) is 0 Å². The number of rotatable bonds is 3. The summed E-state index contributed by atoms with van der Waals surface area (Å²) in [5.41, 5.74) is 1.19. The van der Waals surface area contributed by atoms with Crippen molar-refractivity contribution in [3.8, 4) is 0 Å². The van der Waals surface area contributed by atoms with Crippen LogP contribution >= 0.6 is 11.6 Å². The van der Waals surface area contributed by atoms with E-state index in [9.17, 15) is 0 Å². The van der Waals surface area contributed by atoms with Gasteiger partial charge in [-0.25, -0.2) is 0 Å². The fourth-order valence-electron chi connectivity index (χ4n) is 0.808. The highest BCUT2D eigenvalue weighted by Crippen LogP contribution is 2.10. The maximum absolute atomic E-state index is 5.74. The summed E-state index contributed by atoms with van der Waals surface area (Å²) in [5, 5.41) is 0.775. The van der Waals surface area contributed by atoms with Crippen LogP contribution in [0.15, 0.2) is 24.3 Å². The number of hydrogen-bond donors (Lipinski definition) is 0. The molecule has 0 spiro atoms. The van der Waals surface area contributed by atoms with Gasteiger partial charge in [0.2, 0.25) is 9.04 Å². The number of hydrogen-bond acceptors (Lipinski definition) is 1. The predicted molar refractivity (Wildman–Crippen MR) is 53.7 cm³/mol. The second kappa shape index (κ2) is 4.65. The van der Waals surface area contributed by atoms with Gasteiger partial charge < -0.3 is 4.43 Å². The van der Waals surface area contributed by atoms with Crippen LogP contribution in [0.5, 0.6) is 0 Å². The highest BCUT2D eigenvalue weighted by molar-refractivity contribution is 6.48. The minimum Gasteiger partial charge on any atom is -0.413 e. The minimum atomic E-state index is -0.575. The van der Waals surface area contributed by atoms with Crippen molar-refractivity contribution < 1.29 is 4.43 Å². The van der Waals surface area contributed by atoms with Crippen LogP contribution in [0.4, 0.5) is 0 Å². The van der Waals surface area contributed by atoms with Crippen molar-refractivity contribution in [3.63, 3.8) is 0 Å². The van der Waals surface area contributed by atoms with Crippen molar-refractivity contribution in [3.05, 3.63) is 34.9 Å². The van der Waals surface area contributed by atoms with Crippen LogP contribution < -0.4 is 0 Å². The maximum Gasteiger partial charge on any atom is 0.205 e. The number of halogens is 1. The SMILES string of the molecule is C[Si](C)OCc1ccc(Cl)cc1. The summed E-state index contributed by atoms with van der Waals surface area (Å²) < 4.78 is 5.53. The largest absolute Gasteiger partial charge is 0.413 e. The fourth-order valence-corrected chi connectivity index (χ4v) is 1.39. The third-order valence-electron chi connectivity index (χ3n) is 1.44. The Bertz CT molecular complexity index is 233. The standard InChI is InChI=1S/C9H12ClOSi/c1-12(2)11-7-8-3-5-9(10)6-4-8/h3-6H,7H2,1-2H3. The average Bonchev–Trinajstić information content (AvgIpc) is 2.03. The molecule has 0 aliphatic carbocycles. The van der Waals surface area contributed by atoms with Gasteiger partial charge in [0.05, 0.1) is 6.61 Å². The lowest BCUT2D eigenvalue weighted by molar-refractivity contribution is 0.314. The van der Waals surface area contributed by atoms with Gasteiger partial charge >= 0.3 is 0 Å². The van der Waals surface area contributed by atoms with E-state index < -0.39 is 9.04 Å². The molecule has 1 rings (SSSR count). The van der Waals surface area contributed by atoms with Crippen molar-refractivity contribution in [2.45, 2.75) is 19.7 Å². The molecule has 0 aromatic heterocycles. The van der Waals surface area contributed by atoms with Gasteiger partial charge in [-0.3, -0.25) is 0 Å². The van der Waals surface area contributed by atoms with Crippen LogP contribution in [0, 0.1) is 0 Å². The Balaban J connectivity index is 2.48. The molecule has 0 unspecified atom stereocenters. The third kappa shape index (κ3) is 3.39. The minimum absolute atomic E-state index is 0.575. The van der Waals surface area contributed by atoms with E-state index in [1.54, 1.807) is 0 Å². The zero-order valence-corrected chi connectivity index (χ0v) is 9.06. The summed E-state index contributed by atoms with van der Waals surface area (Å²) in [7, 11) is -0.575. The van der Waals surface area contributed by atoms with E-state index in [0.29, 0.717) is 6.61 Å². The molecule has 1 aromatic carbocycles. The Hall–Kier alpha value is -0.313. The molecule has 1 radical (unpaired) electrons. The highest BCUT2D eigenvalue weighted by Gasteiger charge is 1.97. The second-order valence-electron chi connectivity index (χ2n) is 2.82. The quantitative estimate of drug-likeness (QED) is 0.680. The predicted octanol–water partition coefficient (Wildman–Crippen LogP) is 3.11. The Morgan fingerprint density at radius 3 is 2.33 bits per heavy atom. The topological polar surface area (TPSA) is 9.23 Å². The lowest BCUT2D eigenvalue weighted by atomic mass is 10.2. The monoisotopic (exact) mass is 199 g/mol. The molecule has 0 bridgehead atoms. The van der Waals surface area contributed by atoms with E-state index in [0.717, 1.165) is 5.02 Å². The first-order valence-corrected chi connectivity index (χ1v) is 6.64. The summed E-state index contributed by atoms with van der Waals surface area (Å²) in [5.74, 6) is 0. The summed E-state index contributed by atoms with van der Waals surface area (Å²) >= 11 is 5.74. The molecule has 1 nitrogen and oxygen atoms in total. The third-order valence-corrected chi connectivity index (χ3v) is 2.41. The molecule has 0 N–H and O–H groups in total. The normalized spacial score (nSPS) is 10.7. The molecule has 65 valence electrons. The van der Waals surface area contributed by atoms with Crippen LogP contribution in [0.1, 0.15) is 5.56 Å². The molecule has 1 aromatic rings. The molecule has 0 aliphatic heterocycles. The van der Waals surface area contributed by atoms with Crippen LogP contribution in [0.3, 0.4) is 0 Å². The van der Waals surface area contributed by atoms with E-state index in [1.807, 2.05) is 24.3 Å². The summed E-state index contributed by atoms with van der Waals surface area (Å²) in [6.07, 6.45) is 0. The molecule has 12 heavy (non-hydrogen) atoms. The average molecular weight is 200 g/mol. The summed E-state index contributed by atoms with van der Waals surface area (Å²) in [4.78, 5) is 0. The number of benzene rings is 1. The fraction of sp³-hybridized carbons (Fsp3) is 0.333. The molecular weight excluding hydrogens is 188 g/mol. The van der Waals surface area contributed by atoms with Gasteiger partial charge in [-0.2, -0.15) is 0 Å². The van der Waals surface area contributed by atoms with E-state index >= 15 is 0 Å². The maximum atomic E-state index is 5.74. The Morgan fingerprint density at radius 2 is 1.83 bits per heavy atom. The molecule has 0 atom stereocenters. The molecule has 0 aliphatic rings. The zero-order valence-electron chi connectivity index (χ0n) is 7.30. The van der Waals surface area contributed by atoms with Crippen molar-refractivity contribution in [2.24, 2.45) is 0 Å². The molecule has 0 fully saturated rings. The van der Waals surface area contributed by atoms with Crippen molar-refractivity contribution in [1.82, 2.24) is 0 Å². The van der Waals surface area contributed by atoms with E-state index in [1.165, 1.54) is 5.56 Å². The van der Waals surface area contributed by atoms with Crippen LogP contribution in [-0.2, 0) is 11.0 Å². The molecule has 0 amide bonds. The Labute approximate surface area is 80.0 Å². The Kier molecular flexibility index (Phi) is 3.79. The zero-order chi connectivity index (χ0) is 8.97. The van der Waals surface area contributed by atoms with E-state index in [4.69, 9.17) is 16.0 Å². The van der Waals surface area contributed by atoms with E-state index in [2.05, 4.69) is 13.1 Å². The summed E-state index contributed by atoms with van der Waals surface area (Å²) in [6.45, 7) is 4.96. The van der Waals surface area contributed by atoms with Gasteiger partial charge in [-0.05, 0) is 30.8 Å². The van der Waals surface area contributed by atoms with Gasteiger partial charge in [0.1, 0.15) is 0 Å². The van der Waals surface area contributed by atoms with Crippen molar-refractivity contribution in [1.29, 1.82) is 0 Å². The van der Waals surface area contributed by atoms with Crippen molar-refractivity contribution >= 4 is 20.6 Å². The van der Waals surface area contributed by atoms with Crippen LogP contribution in [0.2, 0.25) is 18.1 Å². The van der Waals surface area contributed by atoms with Gasteiger partial charge in [0, 0.05) is 5.02 Å². The van der Waals surface area contributed by atoms with Crippen LogP contribution in [-0.4, -0.2) is 9.04 Å². The van der Waals surface area contributed by atoms with Gasteiger partial charge in [-0.1, -0.05) is 23.7 Å². The Morgan fingerprint density at radius 1 is 1.25 bits per heavy atom. The first kappa shape index (κ1) is 9.77. The lowest BCUT2D eigenvalue weighted by Gasteiger charge is -2.05. The molecule has 0 heterocycles. The first-order valence-electron chi connectivity index (χ1n) is 3.86. The van der Waals surface area contributed by atoms with Crippen molar-refractivity contribution in [2.75, 3.05) is 0 Å². The smallest absolute Gasteiger partial charge is 0.205 e. The first-order chi connectivity index (χ1) is 5.68. The highest BCUT2D eigenvalue weighted by atomic mass is 35.5. The molecule has 3 heteroatoms. The summed E-state index contributed by atoms with van der Waals surface area (Å²) in [6, 6.07) is 7.76. The molecular formula is C9H12ClOSi.